The van der Waals surface area contributed by atoms with Gasteiger partial charge in [0.15, 0.2) is 0 Å². The monoisotopic (exact) mass is 348 g/mol. The Bertz CT molecular complexity index is 997. The van der Waals surface area contributed by atoms with Gasteiger partial charge in [0.25, 0.3) is 11.8 Å². The van der Waals surface area contributed by atoms with Crippen LogP contribution in [0, 0.1) is 0 Å². The van der Waals surface area contributed by atoms with Crippen molar-refractivity contribution in [2.45, 2.75) is 0 Å². The zero-order chi connectivity index (χ0) is 17.1. The van der Waals surface area contributed by atoms with Crippen molar-refractivity contribution < 1.29 is 9.32 Å². The molecule has 0 saturated carbocycles. The van der Waals surface area contributed by atoms with E-state index in [0.717, 1.165) is 0 Å². The summed E-state index contributed by atoms with van der Waals surface area (Å²) in [7, 11) is 0. The van der Waals surface area contributed by atoms with Crippen LogP contribution in [0.2, 0.25) is 0 Å². The molecule has 0 aliphatic carbocycles. The van der Waals surface area contributed by atoms with Crippen LogP contribution in [0.25, 0.3) is 23.0 Å². The first kappa shape index (κ1) is 15.2. The van der Waals surface area contributed by atoms with Crippen LogP contribution in [0.5, 0.6) is 0 Å². The molecule has 1 N–H and O–H groups in total. The third-order valence-electron chi connectivity index (χ3n) is 3.47. The van der Waals surface area contributed by atoms with Crippen molar-refractivity contribution in [3.05, 3.63) is 71.1 Å². The second-order valence-corrected chi connectivity index (χ2v) is 6.06. The first-order valence-corrected chi connectivity index (χ1v) is 8.38. The largest absolute Gasteiger partial charge is 0.333 e. The molecule has 25 heavy (non-hydrogen) atoms. The number of nitrogens with zero attached hydrogens (tertiary/aromatic N) is 3. The first-order chi connectivity index (χ1) is 12.3. The fourth-order valence-corrected chi connectivity index (χ4v) is 2.92. The lowest BCUT2D eigenvalue weighted by molar-refractivity contribution is 0.103. The molecule has 0 aliphatic rings. The van der Waals surface area contributed by atoms with Gasteiger partial charge in [-0.1, -0.05) is 29.4 Å². The van der Waals surface area contributed by atoms with Gasteiger partial charge in [0, 0.05) is 6.20 Å². The SMILES string of the molecule is O=C(Nc1ccccc1-c1nc(-c2ccccn2)no1)c1cccs1. The predicted octanol–water partition coefficient (Wildman–Crippen LogP) is 4.11. The highest BCUT2D eigenvalue weighted by molar-refractivity contribution is 7.12. The molecule has 6 nitrogen and oxygen atoms in total. The average molecular weight is 348 g/mol. The van der Waals surface area contributed by atoms with Crippen molar-refractivity contribution in [3.8, 4) is 23.0 Å². The van der Waals surface area contributed by atoms with Crippen LogP contribution in [0.3, 0.4) is 0 Å². The normalized spacial score (nSPS) is 10.6. The fourth-order valence-electron chi connectivity index (χ4n) is 2.30. The molecule has 0 unspecified atom stereocenters. The minimum Gasteiger partial charge on any atom is -0.333 e. The molecule has 0 atom stereocenters. The maximum atomic E-state index is 12.3. The Morgan fingerprint density at radius 1 is 1.04 bits per heavy atom. The van der Waals surface area contributed by atoms with Crippen LogP contribution in [-0.2, 0) is 0 Å². The summed E-state index contributed by atoms with van der Waals surface area (Å²) < 4.78 is 5.37. The van der Waals surface area contributed by atoms with E-state index in [2.05, 4.69) is 20.4 Å². The molecule has 4 aromatic rings. The summed E-state index contributed by atoms with van der Waals surface area (Å²) in [4.78, 5) is 21.5. The Kier molecular flexibility index (Phi) is 4.05. The zero-order valence-electron chi connectivity index (χ0n) is 12.9. The molecule has 0 fully saturated rings. The number of nitrogens with one attached hydrogen (secondary N) is 1. The molecule has 122 valence electrons. The number of rotatable bonds is 4. The second-order valence-electron chi connectivity index (χ2n) is 5.12. The van der Waals surface area contributed by atoms with Gasteiger partial charge in [-0.15, -0.1) is 11.3 Å². The number of anilines is 1. The molecule has 3 aromatic heterocycles. The first-order valence-electron chi connectivity index (χ1n) is 7.50. The summed E-state index contributed by atoms with van der Waals surface area (Å²) in [6.07, 6.45) is 1.67. The molecular weight excluding hydrogens is 336 g/mol. The Morgan fingerprint density at radius 2 is 1.92 bits per heavy atom. The van der Waals surface area contributed by atoms with E-state index in [1.165, 1.54) is 11.3 Å². The lowest BCUT2D eigenvalue weighted by Crippen LogP contribution is -2.10. The molecule has 0 aliphatic heterocycles. The molecule has 4 rings (SSSR count). The second kappa shape index (κ2) is 6.66. The van der Waals surface area contributed by atoms with Crippen molar-refractivity contribution in [3.63, 3.8) is 0 Å². The van der Waals surface area contributed by atoms with Gasteiger partial charge in [-0.05, 0) is 35.7 Å². The maximum Gasteiger partial charge on any atom is 0.265 e. The third-order valence-corrected chi connectivity index (χ3v) is 4.34. The fraction of sp³-hybridized carbons (Fsp3) is 0. The summed E-state index contributed by atoms with van der Waals surface area (Å²) in [6.45, 7) is 0. The van der Waals surface area contributed by atoms with Gasteiger partial charge in [-0.3, -0.25) is 9.78 Å². The average Bonchev–Trinajstić information content (AvgIpc) is 3.35. The molecule has 1 amide bonds. The minimum absolute atomic E-state index is 0.174. The van der Waals surface area contributed by atoms with Gasteiger partial charge in [0.2, 0.25) is 5.82 Å². The molecule has 0 spiro atoms. The van der Waals surface area contributed by atoms with Crippen molar-refractivity contribution in [1.29, 1.82) is 0 Å². The number of amides is 1. The topological polar surface area (TPSA) is 80.9 Å². The van der Waals surface area contributed by atoms with Gasteiger partial charge in [-0.2, -0.15) is 4.98 Å². The predicted molar refractivity (Wildman–Crippen MR) is 95.2 cm³/mol. The highest BCUT2D eigenvalue weighted by Gasteiger charge is 2.16. The quantitative estimate of drug-likeness (QED) is 0.600. The van der Waals surface area contributed by atoms with Gasteiger partial charge in [0.1, 0.15) is 5.69 Å². The van der Waals surface area contributed by atoms with E-state index in [4.69, 9.17) is 4.52 Å². The van der Waals surface area contributed by atoms with Crippen molar-refractivity contribution in [2.75, 3.05) is 5.32 Å². The van der Waals surface area contributed by atoms with Crippen LogP contribution >= 0.6 is 11.3 Å². The number of benzene rings is 1. The summed E-state index contributed by atoms with van der Waals surface area (Å²) in [5.74, 6) is 0.546. The summed E-state index contributed by atoms with van der Waals surface area (Å²) in [6, 6.07) is 16.4. The van der Waals surface area contributed by atoms with Crippen LogP contribution in [0.1, 0.15) is 9.67 Å². The van der Waals surface area contributed by atoms with E-state index >= 15 is 0 Å². The number of carbonyl (C=O) groups is 1. The van der Waals surface area contributed by atoms with Gasteiger partial charge in [-0.25, -0.2) is 0 Å². The van der Waals surface area contributed by atoms with E-state index in [9.17, 15) is 4.79 Å². The van der Waals surface area contributed by atoms with Crippen LogP contribution in [0.15, 0.2) is 70.7 Å². The minimum atomic E-state index is -0.174. The van der Waals surface area contributed by atoms with E-state index in [1.807, 2.05) is 41.8 Å². The summed E-state index contributed by atoms with van der Waals surface area (Å²) in [5, 5.41) is 8.72. The number of hydrogen-bond donors (Lipinski definition) is 1. The lowest BCUT2D eigenvalue weighted by Gasteiger charge is -2.07. The van der Waals surface area contributed by atoms with Crippen molar-refractivity contribution in [2.24, 2.45) is 0 Å². The van der Waals surface area contributed by atoms with E-state index in [0.29, 0.717) is 33.5 Å². The number of carbonyl (C=O) groups excluding carboxylic acids is 1. The highest BCUT2D eigenvalue weighted by Crippen LogP contribution is 2.28. The molecule has 1 aromatic carbocycles. The maximum absolute atomic E-state index is 12.3. The van der Waals surface area contributed by atoms with Crippen molar-refractivity contribution >= 4 is 22.9 Å². The third kappa shape index (κ3) is 3.17. The molecule has 0 saturated heterocycles. The highest BCUT2D eigenvalue weighted by atomic mass is 32.1. The standard InChI is InChI=1S/C18H12N4O2S/c23-17(15-9-5-11-25-15)20-13-7-2-1-6-12(13)18-21-16(22-24-18)14-8-3-4-10-19-14/h1-11H,(H,20,23). The molecule has 7 heteroatoms. The number of hydrogen-bond acceptors (Lipinski definition) is 6. The van der Waals surface area contributed by atoms with Crippen LogP contribution < -0.4 is 5.32 Å². The Labute approximate surface area is 147 Å². The smallest absolute Gasteiger partial charge is 0.265 e. The van der Waals surface area contributed by atoms with E-state index < -0.39 is 0 Å². The van der Waals surface area contributed by atoms with E-state index in [-0.39, 0.29) is 5.91 Å². The van der Waals surface area contributed by atoms with Gasteiger partial charge >= 0.3 is 0 Å². The zero-order valence-corrected chi connectivity index (χ0v) is 13.7. The summed E-state index contributed by atoms with van der Waals surface area (Å²) >= 11 is 1.38. The van der Waals surface area contributed by atoms with Crippen LogP contribution in [-0.4, -0.2) is 21.0 Å². The van der Waals surface area contributed by atoms with Crippen LogP contribution in [0.4, 0.5) is 5.69 Å². The molecule has 0 bridgehead atoms. The molecule has 0 radical (unpaired) electrons. The van der Waals surface area contributed by atoms with E-state index in [1.54, 1.807) is 24.4 Å². The lowest BCUT2D eigenvalue weighted by atomic mass is 10.1. The molecular formula is C18H12N4O2S. The van der Waals surface area contributed by atoms with Gasteiger partial charge in [0.05, 0.1) is 16.1 Å². The number of thiophene rings is 1. The number of pyridine rings is 1. The Hall–Kier alpha value is -3.32. The van der Waals surface area contributed by atoms with Crippen molar-refractivity contribution in [1.82, 2.24) is 15.1 Å². The number of para-hydroxylation sites is 1. The summed E-state index contributed by atoms with van der Waals surface area (Å²) in [5.41, 5.74) is 1.89. The Morgan fingerprint density at radius 3 is 2.72 bits per heavy atom. The van der Waals surface area contributed by atoms with Gasteiger partial charge < -0.3 is 9.84 Å². The Balaban J connectivity index is 1.65. The number of aromatic nitrogens is 3. The molecule has 3 heterocycles.